The van der Waals surface area contributed by atoms with Crippen LogP contribution < -0.4 is 4.90 Å². The minimum absolute atomic E-state index is 1.02. The van der Waals surface area contributed by atoms with Gasteiger partial charge in [-0.25, -0.2) is 0 Å². The van der Waals surface area contributed by atoms with Crippen molar-refractivity contribution in [2.24, 2.45) is 0 Å². The van der Waals surface area contributed by atoms with E-state index in [0.29, 0.717) is 0 Å². The first-order valence-corrected chi connectivity index (χ1v) is 31.2. The maximum atomic E-state index is 2.50. The zero-order valence-corrected chi connectivity index (χ0v) is 48.7. The third-order valence-electron chi connectivity index (χ3n) is 19.3. The maximum absolute atomic E-state index is 2.50. The summed E-state index contributed by atoms with van der Waals surface area (Å²) in [5.74, 6) is 0. The molecular weight excluding hydrogens is 1060 g/mol. The number of anilines is 3. The molecule has 0 N–H and O–H groups in total. The number of aryl methyl sites for hydroxylation is 3. The van der Waals surface area contributed by atoms with Gasteiger partial charge in [-0.05, 0) is 230 Å². The van der Waals surface area contributed by atoms with E-state index in [1.54, 1.807) is 0 Å². The molecule has 12 aromatic carbocycles. The minimum atomic E-state index is 1.02. The highest BCUT2D eigenvalue weighted by atomic mass is 15.1. The highest BCUT2D eigenvalue weighted by molar-refractivity contribution is 6.04. The van der Waals surface area contributed by atoms with Crippen LogP contribution >= 0.6 is 0 Å². The van der Waals surface area contributed by atoms with Gasteiger partial charge in [0.1, 0.15) is 0 Å². The third-order valence-corrected chi connectivity index (χ3v) is 19.3. The molecule has 0 amide bonds. The topological polar surface area (TPSA) is 18.0 Å². The van der Waals surface area contributed by atoms with Crippen molar-refractivity contribution in [2.75, 3.05) is 4.90 Å². The lowest BCUT2D eigenvalue weighted by molar-refractivity contribution is 0.967. The molecule has 88 heavy (non-hydrogen) atoms. The quantitative estimate of drug-likeness (QED) is 0.141. The fourth-order valence-corrected chi connectivity index (χ4v) is 15.2. The molecule has 4 heteroatoms. The molecule has 3 aromatic heterocycles. The van der Waals surface area contributed by atoms with E-state index in [-0.39, 0.29) is 0 Å². The predicted octanol–water partition coefficient (Wildman–Crippen LogP) is 22.3. The SMILES string of the molecule is C1=Cc2c(c3ccc(-c4cccc5ccccc45)cc3n2-c2ccc(N(c3ccc(-n4c5c(c6ccc(-c7cccc8ccccc78)cc64)CCC=C5)cc3)c3ccc(-n4c5c(c6ccc(-c7cccc8ccccc78)cc64)CCC=C5)cc3)cc2)CC1. The summed E-state index contributed by atoms with van der Waals surface area (Å²) in [5, 5.41) is 11.5. The second-order valence-corrected chi connectivity index (χ2v) is 24.1. The van der Waals surface area contributed by atoms with Crippen LogP contribution in [0.4, 0.5) is 17.1 Å². The van der Waals surface area contributed by atoms with Crippen molar-refractivity contribution < 1.29 is 0 Å². The van der Waals surface area contributed by atoms with E-state index in [1.165, 1.54) is 132 Å². The van der Waals surface area contributed by atoms with Gasteiger partial charge in [0, 0.05) is 67.4 Å². The molecule has 0 radical (unpaired) electrons. The molecule has 3 heterocycles. The van der Waals surface area contributed by atoms with Gasteiger partial charge in [0.05, 0.1) is 16.6 Å². The number of fused-ring (bicyclic) bond motifs is 12. The van der Waals surface area contributed by atoms with Crippen LogP contribution in [0.25, 0.3) is 134 Å². The number of rotatable bonds is 9. The van der Waals surface area contributed by atoms with Gasteiger partial charge in [0.15, 0.2) is 0 Å². The van der Waals surface area contributed by atoms with Gasteiger partial charge in [-0.15, -0.1) is 0 Å². The molecule has 416 valence electrons. The molecule has 18 rings (SSSR count). The van der Waals surface area contributed by atoms with Crippen molar-refractivity contribution in [3.63, 3.8) is 0 Å². The van der Waals surface area contributed by atoms with Crippen LogP contribution in [-0.2, 0) is 19.3 Å². The van der Waals surface area contributed by atoms with Crippen LogP contribution in [0.2, 0.25) is 0 Å². The molecule has 0 bridgehead atoms. The largest absolute Gasteiger partial charge is 0.310 e. The van der Waals surface area contributed by atoms with Crippen molar-refractivity contribution in [3.8, 4) is 50.4 Å². The van der Waals surface area contributed by atoms with Crippen molar-refractivity contribution in [2.45, 2.75) is 38.5 Å². The Morgan fingerprint density at radius 2 is 0.557 bits per heavy atom. The Balaban J connectivity index is 0.776. The Morgan fingerprint density at radius 3 is 0.875 bits per heavy atom. The Morgan fingerprint density at radius 1 is 0.261 bits per heavy atom. The van der Waals surface area contributed by atoms with Crippen molar-refractivity contribution in [1.29, 1.82) is 0 Å². The second kappa shape index (κ2) is 20.4. The standard InChI is InChI=1S/C84H60N4/c1-4-22-67-55(16-1)19-13-28-70(67)58-34-49-76-73-25-7-10-31-79(73)86(82(76)52-58)64-43-37-61(38-44-64)85(62-39-45-65(46-40-62)87-80-32-11-8-26-74(80)77-50-35-59(53-83(77)87)71-29-14-20-56-17-2-5-23-68(56)71)63-41-47-66(48-42-63)88-81-33-12-9-27-75(81)78-51-36-60(54-84(78)88)72-30-15-21-57-18-3-6-24-69(57)72/h1-6,10-24,28-54H,7-9,25-27H2. The van der Waals surface area contributed by atoms with Gasteiger partial charge in [-0.1, -0.05) is 182 Å². The van der Waals surface area contributed by atoms with Crippen molar-refractivity contribution in [3.05, 3.63) is 307 Å². The Labute approximate surface area is 511 Å². The van der Waals surface area contributed by atoms with Gasteiger partial charge in [-0.3, -0.25) is 0 Å². The number of hydrogen-bond donors (Lipinski definition) is 0. The van der Waals surface area contributed by atoms with E-state index in [1.807, 2.05) is 0 Å². The first-order valence-electron chi connectivity index (χ1n) is 31.2. The Bertz CT molecular complexity index is 4870. The lowest BCUT2D eigenvalue weighted by atomic mass is 9.96. The first-order chi connectivity index (χ1) is 43.6. The van der Waals surface area contributed by atoms with E-state index in [4.69, 9.17) is 0 Å². The molecule has 0 atom stereocenters. The third kappa shape index (κ3) is 8.06. The average Bonchev–Trinajstić information content (AvgIpc) is 1.87. The summed E-state index contributed by atoms with van der Waals surface area (Å²) in [6.07, 6.45) is 20.2. The number of hydrogen-bond acceptors (Lipinski definition) is 1. The van der Waals surface area contributed by atoms with Gasteiger partial charge < -0.3 is 18.6 Å². The van der Waals surface area contributed by atoms with Crippen LogP contribution in [0.3, 0.4) is 0 Å². The van der Waals surface area contributed by atoms with Crippen molar-refractivity contribution >= 4 is 100 Å². The van der Waals surface area contributed by atoms with Gasteiger partial charge in [0.2, 0.25) is 0 Å². The Hall–Kier alpha value is -10.9. The van der Waals surface area contributed by atoms with E-state index in [2.05, 4.69) is 310 Å². The minimum Gasteiger partial charge on any atom is -0.310 e. The van der Waals surface area contributed by atoms with E-state index < -0.39 is 0 Å². The lowest BCUT2D eigenvalue weighted by Gasteiger charge is -2.27. The summed E-state index contributed by atoms with van der Waals surface area (Å²) >= 11 is 0. The molecule has 0 fully saturated rings. The van der Waals surface area contributed by atoms with Gasteiger partial charge >= 0.3 is 0 Å². The average molecular weight is 1130 g/mol. The predicted molar refractivity (Wildman–Crippen MR) is 373 cm³/mol. The molecule has 0 unspecified atom stereocenters. The maximum Gasteiger partial charge on any atom is 0.0543 e. The molecule has 0 spiro atoms. The second-order valence-electron chi connectivity index (χ2n) is 24.1. The molecule has 4 nitrogen and oxygen atoms in total. The van der Waals surface area contributed by atoms with Crippen LogP contribution in [0, 0.1) is 0 Å². The summed E-state index contributed by atoms with van der Waals surface area (Å²) in [6, 6.07) is 95.4. The highest BCUT2D eigenvalue weighted by Crippen LogP contribution is 2.44. The smallest absolute Gasteiger partial charge is 0.0543 e. The summed E-state index contributed by atoms with van der Waals surface area (Å²) in [4.78, 5) is 2.43. The van der Waals surface area contributed by atoms with Crippen LogP contribution in [0.5, 0.6) is 0 Å². The number of allylic oxidation sites excluding steroid dienone is 3. The molecule has 3 aliphatic carbocycles. The van der Waals surface area contributed by atoms with Crippen LogP contribution in [0.1, 0.15) is 53.0 Å². The zero-order valence-electron chi connectivity index (χ0n) is 48.7. The van der Waals surface area contributed by atoms with Gasteiger partial charge in [0.25, 0.3) is 0 Å². The van der Waals surface area contributed by atoms with E-state index in [9.17, 15) is 0 Å². The van der Waals surface area contributed by atoms with Gasteiger partial charge in [-0.2, -0.15) is 0 Å². The first kappa shape index (κ1) is 50.4. The molecule has 3 aliphatic rings. The molecule has 15 aromatic rings. The van der Waals surface area contributed by atoms with E-state index >= 15 is 0 Å². The normalized spacial score (nSPS) is 13.5. The number of aromatic nitrogens is 3. The molecular formula is C84H60N4. The molecule has 0 saturated carbocycles. The van der Waals surface area contributed by atoms with Crippen LogP contribution in [-0.4, -0.2) is 13.7 Å². The zero-order chi connectivity index (χ0) is 57.8. The monoisotopic (exact) mass is 1120 g/mol. The molecule has 0 saturated heterocycles. The Kier molecular flexibility index (Phi) is 11.7. The number of benzene rings is 12. The fraction of sp³-hybridized carbons (Fsp3) is 0.0714. The number of nitrogens with zero attached hydrogens (tertiary/aromatic N) is 4. The molecule has 0 aliphatic heterocycles. The fourth-order valence-electron chi connectivity index (χ4n) is 15.2. The highest BCUT2D eigenvalue weighted by Gasteiger charge is 2.25. The van der Waals surface area contributed by atoms with Crippen LogP contribution in [0.15, 0.2) is 273 Å². The summed E-state index contributed by atoms with van der Waals surface area (Å²) in [7, 11) is 0. The summed E-state index contributed by atoms with van der Waals surface area (Å²) < 4.78 is 7.49. The van der Waals surface area contributed by atoms with Crippen molar-refractivity contribution in [1.82, 2.24) is 13.7 Å². The summed E-state index contributed by atoms with van der Waals surface area (Å²) in [6.45, 7) is 0. The summed E-state index contributed by atoms with van der Waals surface area (Å²) in [5.41, 5.74) is 25.9. The lowest BCUT2D eigenvalue weighted by Crippen LogP contribution is -2.11. The van der Waals surface area contributed by atoms with E-state index in [0.717, 1.165) is 72.6 Å².